The molecule has 1 saturated heterocycles. The van der Waals surface area contributed by atoms with Gasteiger partial charge in [-0.3, -0.25) is 4.90 Å². The number of nitrogens with two attached hydrogens (primary N) is 1. The predicted molar refractivity (Wildman–Crippen MR) is 76.4 cm³/mol. The lowest BCUT2D eigenvalue weighted by Crippen LogP contribution is -2.41. The molecule has 1 aromatic heterocycles. The van der Waals surface area contributed by atoms with Crippen LogP contribution in [-0.4, -0.2) is 37.1 Å². The molecule has 5 nitrogen and oxygen atoms in total. The van der Waals surface area contributed by atoms with Crippen LogP contribution in [0.1, 0.15) is 41.6 Å². The SMILES string of the molecule is COC(=O)c1cc(CN2CCCC(C(C)N)C2)oc1C. The van der Waals surface area contributed by atoms with E-state index < -0.39 is 0 Å². The first-order chi connectivity index (χ1) is 9.51. The number of nitrogens with zero attached hydrogens (tertiary/aromatic N) is 1. The highest BCUT2D eigenvalue weighted by molar-refractivity contribution is 5.90. The Morgan fingerprint density at radius 1 is 1.65 bits per heavy atom. The van der Waals surface area contributed by atoms with Gasteiger partial charge in [0.05, 0.1) is 13.7 Å². The Hall–Kier alpha value is -1.33. The number of aryl methyl sites for hydroxylation is 1. The van der Waals surface area contributed by atoms with Crippen LogP contribution in [0.4, 0.5) is 0 Å². The fraction of sp³-hybridized carbons (Fsp3) is 0.667. The molecule has 2 heterocycles. The molecular formula is C15H24N2O3. The zero-order chi connectivity index (χ0) is 14.7. The molecule has 2 rings (SSSR count). The van der Waals surface area contributed by atoms with Gasteiger partial charge in [0.25, 0.3) is 0 Å². The minimum Gasteiger partial charge on any atom is -0.465 e. The van der Waals surface area contributed by atoms with Crippen molar-refractivity contribution in [2.75, 3.05) is 20.2 Å². The number of carbonyl (C=O) groups is 1. The smallest absolute Gasteiger partial charge is 0.341 e. The molecule has 0 spiro atoms. The maximum absolute atomic E-state index is 11.6. The third-order valence-corrected chi connectivity index (χ3v) is 4.04. The first-order valence-corrected chi connectivity index (χ1v) is 7.16. The van der Waals surface area contributed by atoms with Gasteiger partial charge in [-0.05, 0) is 45.2 Å². The van der Waals surface area contributed by atoms with Crippen molar-refractivity contribution in [3.05, 3.63) is 23.2 Å². The topological polar surface area (TPSA) is 68.7 Å². The van der Waals surface area contributed by atoms with Gasteiger partial charge in [-0.15, -0.1) is 0 Å². The van der Waals surface area contributed by atoms with E-state index in [4.69, 9.17) is 14.9 Å². The Kier molecular flexibility index (Phi) is 4.83. The number of esters is 1. The largest absolute Gasteiger partial charge is 0.465 e. The molecule has 0 aliphatic carbocycles. The van der Waals surface area contributed by atoms with Crippen LogP contribution < -0.4 is 5.73 Å². The molecule has 0 bridgehead atoms. The summed E-state index contributed by atoms with van der Waals surface area (Å²) < 4.78 is 10.4. The van der Waals surface area contributed by atoms with Crippen molar-refractivity contribution in [2.24, 2.45) is 11.7 Å². The van der Waals surface area contributed by atoms with Gasteiger partial charge in [-0.2, -0.15) is 0 Å². The van der Waals surface area contributed by atoms with E-state index in [0.29, 0.717) is 17.2 Å². The van der Waals surface area contributed by atoms with Crippen LogP contribution in [0.2, 0.25) is 0 Å². The Labute approximate surface area is 120 Å². The van der Waals surface area contributed by atoms with Crippen LogP contribution in [-0.2, 0) is 11.3 Å². The van der Waals surface area contributed by atoms with Crippen LogP contribution in [0.5, 0.6) is 0 Å². The highest BCUT2D eigenvalue weighted by Gasteiger charge is 2.24. The molecule has 0 aromatic carbocycles. The number of furan rings is 1. The fourth-order valence-corrected chi connectivity index (χ4v) is 2.82. The number of hydrogen-bond acceptors (Lipinski definition) is 5. The normalized spacial score (nSPS) is 21.7. The Balaban J connectivity index is 2.01. The quantitative estimate of drug-likeness (QED) is 0.854. The van der Waals surface area contributed by atoms with Gasteiger partial charge in [0.2, 0.25) is 0 Å². The maximum Gasteiger partial charge on any atom is 0.341 e. The summed E-state index contributed by atoms with van der Waals surface area (Å²) in [5.74, 6) is 1.63. The minimum absolute atomic E-state index is 0.224. The van der Waals surface area contributed by atoms with Crippen molar-refractivity contribution in [1.82, 2.24) is 4.90 Å². The summed E-state index contributed by atoms with van der Waals surface area (Å²) in [4.78, 5) is 13.9. The fourth-order valence-electron chi connectivity index (χ4n) is 2.82. The summed E-state index contributed by atoms with van der Waals surface area (Å²) >= 11 is 0. The first-order valence-electron chi connectivity index (χ1n) is 7.16. The highest BCUT2D eigenvalue weighted by atomic mass is 16.5. The van der Waals surface area contributed by atoms with Crippen molar-refractivity contribution >= 4 is 5.97 Å². The first kappa shape index (κ1) is 15.1. The van der Waals surface area contributed by atoms with E-state index in [1.54, 1.807) is 13.0 Å². The zero-order valence-electron chi connectivity index (χ0n) is 12.5. The van der Waals surface area contributed by atoms with Crippen molar-refractivity contribution in [3.63, 3.8) is 0 Å². The number of hydrogen-bond donors (Lipinski definition) is 1. The van der Waals surface area contributed by atoms with Gasteiger partial charge < -0.3 is 14.9 Å². The van der Waals surface area contributed by atoms with Gasteiger partial charge >= 0.3 is 5.97 Å². The van der Waals surface area contributed by atoms with Crippen LogP contribution in [0.15, 0.2) is 10.5 Å². The molecule has 2 unspecified atom stereocenters. The lowest BCUT2D eigenvalue weighted by molar-refractivity contribution is 0.0599. The monoisotopic (exact) mass is 280 g/mol. The Morgan fingerprint density at radius 2 is 2.40 bits per heavy atom. The molecule has 2 atom stereocenters. The second kappa shape index (κ2) is 6.41. The van der Waals surface area contributed by atoms with Crippen LogP contribution >= 0.6 is 0 Å². The number of carbonyl (C=O) groups excluding carboxylic acids is 1. The molecule has 5 heteroatoms. The standard InChI is InChI=1S/C15H24N2O3/c1-10(16)12-5-4-6-17(8-12)9-13-7-14(11(2)20-13)15(18)19-3/h7,10,12H,4-6,8-9,16H2,1-3H3. The molecule has 1 aromatic rings. The summed E-state index contributed by atoms with van der Waals surface area (Å²) in [6.45, 7) is 6.62. The lowest BCUT2D eigenvalue weighted by atomic mass is 9.92. The maximum atomic E-state index is 11.6. The molecule has 0 saturated carbocycles. The number of piperidine rings is 1. The molecule has 112 valence electrons. The Morgan fingerprint density at radius 3 is 3.05 bits per heavy atom. The summed E-state index contributed by atoms with van der Waals surface area (Å²) in [5, 5.41) is 0. The predicted octanol–water partition coefficient (Wildman–Crippen LogP) is 1.93. The van der Waals surface area contributed by atoms with Gasteiger partial charge in [0, 0.05) is 12.6 Å². The summed E-state index contributed by atoms with van der Waals surface area (Å²) in [6.07, 6.45) is 2.36. The molecule has 1 aliphatic heterocycles. The molecule has 2 N–H and O–H groups in total. The van der Waals surface area contributed by atoms with Gasteiger partial charge in [0.15, 0.2) is 0 Å². The van der Waals surface area contributed by atoms with E-state index in [2.05, 4.69) is 11.8 Å². The van der Waals surface area contributed by atoms with Crippen LogP contribution in [0.3, 0.4) is 0 Å². The van der Waals surface area contributed by atoms with Gasteiger partial charge in [-0.1, -0.05) is 0 Å². The van der Waals surface area contributed by atoms with E-state index >= 15 is 0 Å². The van der Waals surface area contributed by atoms with Crippen LogP contribution in [0, 0.1) is 12.8 Å². The number of ether oxygens (including phenoxy) is 1. The second-order valence-corrected chi connectivity index (χ2v) is 5.67. The summed E-state index contributed by atoms with van der Waals surface area (Å²) in [7, 11) is 1.38. The van der Waals surface area contributed by atoms with Crippen LogP contribution in [0.25, 0.3) is 0 Å². The summed E-state index contributed by atoms with van der Waals surface area (Å²) in [5.41, 5.74) is 6.51. The molecule has 0 amide bonds. The van der Waals surface area contributed by atoms with E-state index in [-0.39, 0.29) is 12.0 Å². The van der Waals surface area contributed by atoms with E-state index in [0.717, 1.165) is 31.8 Å². The lowest BCUT2D eigenvalue weighted by Gasteiger charge is -2.34. The minimum atomic E-state index is -0.343. The van der Waals surface area contributed by atoms with Crippen molar-refractivity contribution in [2.45, 2.75) is 39.3 Å². The van der Waals surface area contributed by atoms with Crippen molar-refractivity contribution in [1.29, 1.82) is 0 Å². The third kappa shape index (κ3) is 3.41. The second-order valence-electron chi connectivity index (χ2n) is 5.67. The van der Waals surface area contributed by atoms with Crippen molar-refractivity contribution in [3.8, 4) is 0 Å². The summed E-state index contributed by atoms with van der Waals surface area (Å²) in [6, 6.07) is 2.01. The van der Waals surface area contributed by atoms with E-state index in [9.17, 15) is 4.79 Å². The highest BCUT2D eigenvalue weighted by Crippen LogP contribution is 2.22. The van der Waals surface area contributed by atoms with E-state index in [1.165, 1.54) is 13.5 Å². The van der Waals surface area contributed by atoms with Gasteiger partial charge in [0.1, 0.15) is 17.1 Å². The number of likely N-dealkylation sites (tertiary alicyclic amines) is 1. The number of rotatable bonds is 4. The third-order valence-electron chi connectivity index (χ3n) is 4.04. The zero-order valence-corrected chi connectivity index (χ0v) is 12.5. The molecule has 1 fully saturated rings. The Bertz CT molecular complexity index is 468. The molecule has 20 heavy (non-hydrogen) atoms. The molecular weight excluding hydrogens is 256 g/mol. The number of methoxy groups -OCH3 is 1. The average Bonchev–Trinajstić information content (AvgIpc) is 2.79. The van der Waals surface area contributed by atoms with Gasteiger partial charge in [-0.25, -0.2) is 4.79 Å². The molecule has 0 radical (unpaired) electrons. The molecule has 1 aliphatic rings. The average molecular weight is 280 g/mol. The van der Waals surface area contributed by atoms with E-state index in [1.807, 2.05) is 0 Å². The van der Waals surface area contributed by atoms with Crippen molar-refractivity contribution < 1.29 is 13.9 Å².